The highest BCUT2D eigenvalue weighted by Crippen LogP contribution is 2.21. The predicted molar refractivity (Wildman–Crippen MR) is 52.9 cm³/mol. The largest absolute Gasteiger partial charge is 0.283 e. The van der Waals surface area contributed by atoms with Gasteiger partial charge in [0.25, 0.3) is 0 Å². The van der Waals surface area contributed by atoms with E-state index in [2.05, 4.69) is 15.9 Å². The Hall–Kier alpha value is -1.01. The molecule has 0 saturated heterocycles. The second kappa shape index (κ2) is 3.59. The van der Waals surface area contributed by atoms with Crippen LogP contribution in [-0.2, 0) is 0 Å². The van der Waals surface area contributed by atoms with Gasteiger partial charge >= 0.3 is 0 Å². The number of benzene rings is 1. The molecule has 2 nitrogen and oxygen atoms in total. The summed E-state index contributed by atoms with van der Waals surface area (Å²) in [5.74, 6) is 0. The van der Waals surface area contributed by atoms with E-state index in [-0.39, 0.29) is 0 Å². The molecule has 0 fully saturated rings. The van der Waals surface area contributed by atoms with E-state index in [9.17, 15) is 0 Å². The van der Waals surface area contributed by atoms with Crippen molar-refractivity contribution in [3.8, 4) is 6.19 Å². The molecule has 0 heterocycles. The lowest BCUT2D eigenvalue weighted by molar-refractivity contribution is 1.19. The first-order chi connectivity index (χ1) is 5.65. The van der Waals surface area contributed by atoms with E-state index in [1.54, 1.807) is 7.05 Å². The highest BCUT2D eigenvalue weighted by Gasteiger charge is 2.00. The minimum absolute atomic E-state index is 0.915. The minimum atomic E-state index is 0.915. The van der Waals surface area contributed by atoms with Crippen LogP contribution in [0.4, 0.5) is 5.69 Å². The van der Waals surface area contributed by atoms with Gasteiger partial charge in [-0.25, -0.2) is 0 Å². The van der Waals surface area contributed by atoms with Crippen molar-refractivity contribution in [3.05, 3.63) is 28.2 Å². The fraction of sp³-hybridized carbons (Fsp3) is 0.222. The zero-order valence-electron chi connectivity index (χ0n) is 7.00. The molecular weight excluding hydrogens is 216 g/mol. The number of rotatable bonds is 1. The number of hydrogen-bond acceptors (Lipinski definition) is 2. The Balaban J connectivity index is 3.06. The molecule has 0 saturated carbocycles. The number of aryl methyl sites for hydroxylation is 1. The molecule has 0 aromatic heterocycles. The fourth-order valence-electron chi connectivity index (χ4n) is 0.895. The number of anilines is 1. The van der Waals surface area contributed by atoms with Crippen LogP contribution in [-0.4, -0.2) is 7.05 Å². The Morgan fingerprint density at radius 1 is 1.50 bits per heavy atom. The molecule has 0 unspecified atom stereocenters. The van der Waals surface area contributed by atoms with Crippen LogP contribution in [0, 0.1) is 18.4 Å². The topological polar surface area (TPSA) is 27.0 Å². The summed E-state index contributed by atoms with van der Waals surface area (Å²) in [6, 6.07) is 5.81. The van der Waals surface area contributed by atoms with Crippen molar-refractivity contribution in [2.75, 3.05) is 11.9 Å². The lowest BCUT2D eigenvalue weighted by Gasteiger charge is -2.09. The third kappa shape index (κ3) is 1.77. The van der Waals surface area contributed by atoms with E-state index in [4.69, 9.17) is 5.26 Å². The normalized spacial score (nSPS) is 9.17. The zero-order valence-corrected chi connectivity index (χ0v) is 8.59. The molecule has 0 spiro atoms. The summed E-state index contributed by atoms with van der Waals surface area (Å²) in [7, 11) is 1.74. The molecule has 0 N–H and O–H groups in total. The molecular formula is C9H9BrN2. The SMILES string of the molecule is Cc1cc(N(C)C#N)ccc1Br. The Morgan fingerprint density at radius 3 is 2.67 bits per heavy atom. The van der Waals surface area contributed by atoms with Gasteiger partial charge in [0.1, 0.15) is 0 Å². The van der Waals surface area contributed by atoms with Crippen LogP contribution in [0.5, 0.6) is 0 Å². The Bertz CT molecular complexity index is 328. The second-order valence-electron chi connectivity index (χ2n) is 2.59. The van der Waals surface area contributed by atoms with E-state index < -0.39 is 0 Å². The quantitative estimate of drug-likeness (QED) is 0.542. The lowest BCUT2D eigenvalue weighted by Crippen LogP contribution is -2.07. The number of nitrogens with zero attached hydrogens (tertiary/aromatic N) is 2. The van der Waals surface area contributed by atoms with Crippen LogP contribution >= 0.6 is 15.9 Å². The van der Waals surface area contributed by atoms with Gasteiger partial charge in [0.2, 0.25) is 0 Å². The maximum absolute atomic E-state index is 8.61. The predicted octanol–water partition coefficient (Wildman–Crippen LogP) is 2.67. The first kappa shape index (κ1) is 9.08. The maximum atomic E-state index is 8.61. The van der Waals surface area contributed by atoms with Crippen molar-refractivity contribution in [1.82, 2.24) is 0 Å². The van der Waals surface area contributed by atoms with Crippen LogP contribution < -0.4 is 4.90 Å². The number of hydrogen-bond donors (Lipinski definition) is 0. The highest BCUT2D eigenvalue weighted by molar-refractivity contribution is 9.10. The van der Waals surface area contributed by atoms with E-state index >= 15 is 0 Å². The molecule has 12 heavy (non-hydrogen) atoms. The van der Waals surface area contributed by atoms with Gasteiger partial charge in [-0.2, -0.15) is 5.26 Å². The van der Waals surface area contributed by atoms with Crippen LogP contribution in [0.2, 0.25) is 0 Å². The molecule has 3 heteroatoms. The molecule has 1 aromatic carbocycles. The van der Waals surface area contributed by atoms with Gasteiger partial charge in [-0.05, 0) is 30.7 Å². The number of halogens is 1. The van der Waals surface area contributed by atoms with Gasteiger partial charge in [0.15, 0.2) is 6.19 Å². The van der Waals surface area contributed by atoms with E-state index in [0.29, 0.717) is 0 Å². The van der Waals surface area contributed by atoms with E-state index in [1.807, 2.05) is 31.3 Å². The first-order valence-corrected chi connectivity index (χ1v) is 4.34. The summed E-state index contributed by atoms with van der Waals surface area (Å²) >= 11 is 3.40. The monoisotopic (exact) mass is 224 g/mol. The van der Waals surface area contributed by atoms with Crippen molar-refractivity contribution in [3.63, 3.8) is 0 Å². The third-order valence-electron chi connectivity index (χ3n) is 1.68. The number of nitriles is 1. The summed E-state index contributed by atoms with van der Waals surface area (Å²) in [6.07, 6.45) is 2.05. The van der Waals surface area contributed by atoms with Crippen LogP contribution in [0.3, 0.4) is 0 Å². The zero-order chi connectivity index (χ0) is 9.14. The average Bonchev–Trinajstić information content (AvgIpc) is 2.08. The van der Waals surface area contributed by atoms with Crippen molar-refractivity contribution in [2.45, 2.75) is 6.92 Å². The molecule has 0 bridgehead atoms. The van der Waals surface area contributed by atoms with Crippen molar-refractivity contribution >= 4 is 21.6 Å². The molecule has 62 valence electrons. The second-order valence-corrected chi connectivity index (χ2v) is 3.45. The lowest BCUT2D eigenvalue weighted by atomic mass is 10.2. The standard InChI is InChI=1S/C9H9BrN2/c1-7-5-8(12(2)6-11)3-4-9(7)10/h3-5H,1-2H3. The first-order valence-electron chi connectivity index (χ1n) is 3.55. The van der Waals surface area contributed by atoms with Crippen molar-refractivity contribution in [2.24, 2.45) is 0 Å². The van der Waals surface area contributed by atoms with E-state index in [0.717, 1.165) is 15.7 Å². The van der Waals surface area contributed by atoms with Gasteiger partial charge in [-0.15, -0.1) is 0 Å². The van der Waals surface area contributed by atoms with Crippen LogP contribution in [0.25, 0.3) is 0 Å². The summed E-state index contributed by atoms with van der Waals surface area (Å²) in [4.78, 5) is 1.53. The fourth-order valence-corrected chi connectivity index (χ4v) is 1.14. The average molecular weight is 225 g/mol. The summed E-state index contributed by atoms with van der Waals surface area (Å²) in [6.45, 7) is 2.00. The maximum Gasteiger partial charge on any atom is 0.183 e. The molecule has 0 aliphatic carbocycles. The summed E-state index contributed by atoms with van der Waals surface area (Å²) < 4.78 is 1.07. The van der Waals surface area contributed by atoms with Gasteiger partial charge in [0, 0.05) is 11.5 Å². The Kier molecular flexibility index (Phi) is 2.72. The minimum Gasteiger partial charge on any atom is -0.283 e. The molecule has 0 aliphatic heterocycles. The molecule has 0 amide bonds. The van der Waals surface area contributed by atoms with Crippen molar-refractivity contribution in [1.29, 1.82) is 5.26 Å². The van der Waals surface area contributed by atoms with Crippen LogP contribution in [0.1, 0.15) is 5.56 Å². The van der Waals surface area contributed by atoms with Gasteiger partial charge in [0.05, 0.1) is 5.69 Å². The Labute approximate surface area is 80.5 Å². The Morgan fingerprint density at radius 2 is 2.17 bits per heavy atom. The smallest absolute Gasteiger partial charge is 0.183 e. The third-order valence-corrected chi connectivity index (χ3v) is 2.57. The van der Waals surface area contributed by atoms with E-state index in [1.165, 1.54) is 4.90 Å². The molecule has 1 aromatic rings. The van der Waals surface area contributed by atoms with Crippen molar-refractivity contribution < 1.29 is 0 Å². The van der Waals surface area contributed by atoms with Gasteiger partial charge in [-0.3, -0.25) is 4.90 Å². The van der Waals surface area contributed by atoms with Crippen LogP contribution in [0.15, 0.2) is 22.7 Å². The summed E-state index contributed by atoms with van der Waals surface area (Å²) in [5.41, 5.74) is 2.05. The van der Waals surface area contributed by atoms with Gasteiger partial charge in [-0.1, -0.05) is 15.9 Å². The molecule has 1 rings (SSSR count). The molecule has 0 radical (unpaired) electrons. The summed E-state index contributed by atoms with van der Waals surface area (Å²) in [5, 5.41) is 8.61. The highest BCUT2D eigenvalue weighted by atomic mass is 79.9. The molecule has 0 atom stereocenters. The van der Waals surface area contributed by atoms with Gasteiger partial charge < -0.3 is 0 Å². The molecule has 0 aliphatic rings.